The van der Waals surface area contributed by atoms with Crippen LogP contribution in [0.15, 0.2) is 35.5 Å². The zero-order chi connectivity index (χ0) is 17.3. The summed E-state index contributed by atoms with van der Waals surface area (Å²) < 4.78 is 6.97. The minimum absolute atomic E-state index is 0.265. The van der Waals surface area contributed by atoms with Gasteiger partial charge in [-0.2, -0.15) is 5.10 Å². The van der Waals surface area contributed by atoms with Crippen molar-refractivity contribution in [2.45, 2.75) is 25.9 Å². The van der Waals surface area contributed by atoms with Gasteiger partial charge in [-0.15, -0.1) is 0 Å². The Balaban J connectivity index is 1.77. The summed E-state index contributed by atoms with van der Waals surface area (Å²) in [6, 6.07) is 9.34. The SMILES string of the molecule is COc1ccccc1C1=NOC(C)(C(=O)Nc2cc(C)nn2C)C1. The van der Waals surface area contributed by atoms with Crippen molar-refractivity contribution in [3.05, 3.63) is 41.6 Å². The zero-order valence-corrected chi connectivity index (χ0v) is 14.2. The highest BCUT2D eigenvalue weighted by atomic mass is 16.7. The molecule has 1 aromatic heterocycles. The largest absolute Gasteiger partial charge is 0.496 e. The maximum atomic E-state index is 12.6. The molecule has 2 aromatic rings. The molecule has 1 aliphatic heterocycles. The number of amides is 1. The molecule has 1 unspecified atom stereocenters. The van der Waals surface area contributed by atoms with Crippen molar-refractivity contribution in [2.75, 3.05) is 12.4 Å². The van der Waals surface area contributed by atoms with Crippen LogP contribution in [0.5, 0.6) is 5.75 Å². The molecule has 0 spiro atoms. The van der Waals surface area contributed by atoms with Crippen LogP contribution in [0, 0.1) is 6.92 Å². The fourth-order valence-electron chi connectivity index (χ4n) is 2.67. The minimum Gasteiger partial charge on any atom is -0.496 e. The van der Waals surface area contributed by atoms with Gasteiger partial charge in [-0.25, -0.2) is 0 Å². The Bertz CT molecular complexity index is 812. The second kappa shape index (κ2) is 5.99. The first-order valence-corrected chi connectivity index (χ1v) is 7.63. The molecule has 1 atom stereocenters. The van der Waals surface area contributed by atoms with E-state index in [2.05, 4.69) is 15.6 Å². The number of anilines is 1. The van der Waals surface area contributed by atoms with Crippen molar-refractivity contribution in [1.82, 2.24) is 9.78 Å². The van der Waals surface area contributed by atoms with Gasteiger partial charge in [0.2, 0.25) is 5.60 Å². The molecular weight excluding hydrogens is 308 g/mol. The first-order valence-electron chi connectivity index (χ1n) is 7.63. The third kappa shape index (κ3) is 2.84. The molecule has 1 amide bonds. The third-order valence-corrected chi connectivity index (χ3v) is 4.00. The monoisotopic (exact) mass is 328 g/mol. The van der Waals surface area contributed by atoms with Gasteiger partial charge >= 0.3 is 0 Å². The van der Waals surface area contributed by atoms with Crippen molar-refractivity contribution in [2.24, 2.45) is 12.2 Å². The molecule has 0 aliphatic carbocycles. The van der Waals surface area contributed by atoms with E-state index < -0.39 is 5.60 Å². The van der Waals surface area contributed by atoms with Gasteiger partial charge in [0.15, 0.2) is 0 Å². The van der Waals surface area contributed by atoms with Crippen LogP contribution < -0.4 is 10.1 Å². The number of ether oxygens (including phenoxy) is 1. The molecule has 7 nitrogen and oxygen atoms in total. The van der Waals surface area contributed by atoms with Crippen molar-refractivity contribution >= 4 is 17.4 Å². The van der Waals surface area contributed by atoms with E-state index in [1.165, 1.54) is 0 Å². The maximum absolute atomic E-state index is 12.6. The lowest BCUT2D eigenvalue weighted by atomic mass is 9.94. The van der Waals surface area contributed by atoms with Gasteiger partial charge in [0.25, 0.3) is 5.91 Å². The van der Waals surface area contributed by atoms with Crippen LogP contribution in [0.3, 0.4) is 0 Å². The van der Waals surface area contributed by atoms with Crippen LogP contribution in [-0.4, -0.2) is 34.1 Å². The third-order valence-electron chi connectivity index (χ3n) is 4.00. The van der Waals surface area contributed by atoms with Crippen LogP contribution in [-0.2, 0) is 16.7 Å². The van der Waals surface area contributed by atoms with Gasteiger partial charge in [0, 0.05) is 25.1 Å². The molecule has 3 rings (SSSR count). The predicted octanol–water partition coefficient (Wildman–Crippen LogP) is 2.26. The Morgan fingerprint density at radius 1 is 1.42 bits per heavy atom. The number of rotatable bonds is 4. The molecule has 0 radical (unpaired) electrons. The number of para-hydroxylation sites is 1. The predicted molar refractivity (Wildman–Crippen MR) is 90.2 cm³/mol. The van der Waals surface area contributed by atoms with Gasteiger partial charge in [-0.1, -0.05) is 17.3 Å². The minimum atomic E-state index is -1.08. The summed E-state index contributed by atoms with van der Waals surface area (Å²) in [7, 11) is 3.38. The Labute approximate surface area is 140 Å². The van der Waals surface area contributed by atoms with Gasteiger partial charge in [0.1, 0.15) is 11.6 Å². The number of aromatic nitrogens is 2. The van der Waals surface area contributed by atoms with Crippen molar-refractivity contribution in [3.8, 4) is 5.75 Å². The van der Waals surface area contributed by atoms with Gasteiger partial charge < -0.3 is 14.9 Å². The highest BCUT2D eigenvalue weighted by Gasteiger charge is 2.43. The quantitative estimate of drug-likeness (QED) is 0.934. The Morgan fingerprint density at radius 3 is 2.83 bits per heavy atom. The highest BCUT2D eigenvalue weighted by Crippen LogP contribution is 2.31. The van der Waals surface area contributed by atoms with Crippen LogP contribution in [0.25, 0.3) is 0 Å². The van der Waals surface area contributed by atoms with E-state index in [0.717, 1.165) is 11.3 Å². The number of oxime groups is 1. The summed E-state index contributed by atoms with van der Waals surface area (Å²) in [4.78, 5) is 18.1. The Hall–Kier alpha value is -2.83. The average Bonchev–Trinajstić information content (AvgIpc) is 3.11. The van der Waals surface area contributed by atoms with Crippen LogP contribution in [0.2, 0.25) is 0 Å². The summed E-state index contributed by atoms with van der Waals surface area (Å²) in [6.07, 6.45) is 0.357. The zero-order valence-electron chi connectivity index (χ0n) is 14.2. The van der Waals surface area contributed by atoms with Gasteiger partial charge in [0.05, 0.1) is 18.5 Å². The Morgan fingerprint density at radius 2 is 2.17 bits per heavy atom. The molecule has 126 valence electrons. The van der Waals surface area contributed by atoms with Crippen LogP contribution in [0.1, 0.15) is 24.6 Å². The molecule has 1 aliphatic rings. The summed E-state index contributed by atoms with van der Waals surface area (Å²) in [6.45, 7) is 3.59. The van der Waals surface area contributed by atoms with Crippen LogP contribution in [0.4, 0.5) is 5.82 Å². The molecule has 0 saturated heterocycles. The van der Waals surface area contributed by atoms with Crippen molar-refractivity contribution < 1.29 is 14.4 Å². The van der Waals surface area contributed by atoms with E-state index in [1.807, 2.05) is 31.2 Å². The second-order valence-electron chi connectivity index (χ2n) is 5.99. The smallest absolute Gasteiger partial charge is 0.272 e. The molecule has 24 heavy (non-hydrogen) atoms. The number of methoxy groups -OCH3 is 1. The topological polar surface area (TPSA) is 77.7 Å². The first-order chi connectivity index (χ1) is 11.4. The molecule has 0 fully saturated rings. The number of hydrogen-bond acceptors (Lipinski definition) is 5. The maximum Gasteiger partial charge on any atom is 0.272 e. The summed E-state index contributed by atoms with van der Waals surface area (Å²) in [5.41, 5.74) is 1.27. The lowest BCUT2D eigenvalue weighted by Gasteiger charge is -2.20. The van der Waals surface area contributed by atoms with E-state index in [4.69, 9.17) is 9.57 Å². The van der Waals surface area contributed by atoms with E-state index >= 15 is 0 Å². The number of hydrogen-bond donors (Lipinski definition) is 1. The molecule has 1 N–H and O–H groups in total. The Kier molecular flexibility index (Phi) is 4.01. The number of carbonyl (C=O) groups excluding carboxylic acids is 1. The highest BCUT2D eigenvalue weighted by molar-refractivity contribution is 6.09. The molecule has 7 heteroatoms. The van der Waals surface area contributed by atoms with E-state index in [0.29, 0.717) is 23.7 Å². The van der Waals surface area contributed by atoms with Gasteiger partial charge in [-0.3, -0.25) is 9.48 Å². The molecular formula is C17H20N4O3. The lowest BCUT2D eigenvalue weighted by molar-refractivity contribution is -0.136. The molecule has 1 aromatic carbocycles. The second-order valence-corrected chi connectivity index (χ2v) is 5.99. The van der Waals surface area contributed by atoms with Crippen molar-refractivity contribution in [3.63, 3.8) is 0 Å². The van der Waals surface area contributed by atoms with Crippen LogP contribution >= 0.6 is 0 Å². The van der Waals surface area contributed by atoms with E-state index in [1.54, 1.807) is 31.8 Å². The summed E-state index contributed by atoms with van der Waals surface area (Å²) in [5.74, 6) is 1.05. The molecule has 0 saturated carbocycles. The fraction of sp³-hybridized carbons (Fsp3) is 0.353. The fourth-order valence-corrected chi connectivity index (χ4v) is 2.67. The van der Waals surface area contributed by atoms with Gasteiger partial charge in [-0.05, 0) is 26.0 Å². The average molecular weight is 328 g/mol. The number of nitrogens with one attached hydrogen (secondary N) is 1. The standard InChI is InChI=1S/C17H20N4O3/c1-11-9-15(21(3)19-11)18-16(22)17(2)10-13(20-24-17)12-7-5-6-8-14(12)23-4/h5-9H,10H2,1-4H3,(H,18,22). The molecule has 2 heterocycles. The number of carbonyl (C=O) groups is 1. The number of aryl methyl sites for hydroxylation is 2. The summed E-state index contributed by atoms with van der Waals surface area (Å²) in [5, 5.41) is 11.2. The van der Waals surface area contributed by atoms with Crippen molar-refractivity contribution in [1.29, 1.82) is 0 Å². The number of benzene rings is 1. The lowest BCUT2D eigenvalue weighted by Crippen LogP contribution is -2.40. The van der Waals surface area contributed by atoms with E-state index in [-0.39, 0.29) is 5.91 Å². The van der Waals surface area contributed by atoms with E-state index in [9.17, 15) is 4.79 Å². The summed E-state index contributed by atoms with van der Waals surface area (Å²) >= 11 is 0. The molecule has 0 bridgehead atoms. The first kappa shape index (κ1) is 16.0. The normalized spacial score (nSPS) is 19.6. The number of nitrogens with zero attached hydrogens (tertiary/aromatic N) is 3.